The van der Waals surface area contributed by atoms with Crippen LogP contribution in [-0.4, -0.2) is 13.2 Å². The van der Waals surface area contributed by atoms with E-state index in [2.05, 4.69) is 6.92 Å². The fourth-order valence-electron chi connectivity index (χ4n) is 2.52. The minimum Gasteiger partial charge on any atom is -0.493 e. The molecule has 0 aliphatic carbocycles. The van der Waals surface area contributed by atoms with Crippen molar-refractivity contribution < 1.29 is 18.3 Å². The van der Waals surface area contributed by atoms with Crippen molar-refractivity contribution in [2.75, 3.05) is 13.2 Å². The lowest BCUT2D eigenvalue weighted by Crippen LogP contribution is -2.10. The maximum atomic E-state index is 13.3. The molecule has 0 aliphatic rings. The Labute approximate surface area is 142 Å². The quantitative estimate of drug-likeness (QED) is 0.597. The molecule has 24 heavy (non-hydrogen) atoms. The smallest absolute Gasteiger partial charge is 0.127 e. The van der Waals surface area contributed by atoms with Gasteiger partial charge in [-0.3, -0.25) is 0 Å². The summed E-state index contributed by atoms with van der Waals surface area (Å²) in [7, 11) is 0. The van der Waals surface area contributed by atoms with Crippen LogP contribution in [0.1, 0.15) is 30.9 Å². The van der Waals surface area contributed by atoms with Crippen LogP contribution in [0.3, 0.4) is 0 Å². The number of ether oxygens (including phenoxy) is 2. The van der Waals surface area contributed by atoms with E-state index in [0.717, 1.165) is 24.0 Å². The number of benzene rings is 2. The van der Waals surface area contributed by atoms with Crippen molar-refractivity contribution in [1.82, 2.24) is 0 Å². The second-order valence-electron chi connectivity index (χ2n) is 6.34. The Morgan fingerprint density at radius 2 is 1.38 bits per heavy atom. The molecular weight excluding hydrogens is 310 g/mol. The van der Waals surface area contributed by atoms with Crippen LogP contribution in [0.15, 0.2) is 36.4 Å². The Balaban J connectivity index is 1.68. The molecule has 0 spiro atoms. The number of halogens is 2. The summed E-state index contributed by atoms with van der Waals surface area (Å²) in [6.07, 6.45) is 1.77. The van der Waals surface area contributed by atoms with E-state index in [4.69, 9.17) is 9.47 Å². The van der Waals surface area contributed by atoms with Crippen molar-refractivity contribution in [3.63, 3.8) is 0 Å². The molecule has 0 fully saturated rings. The van der Waals surface area contributed by atoms with E-state index in [1.807, 2.05) is 26.0 Å². The summed E-state index contributed by atoms with van der Waals surface area (Å²) < 4.78 is 37.8. The molecule has 0 aliphatic heterocycles. The highest BCUT2D eigenvalue weighted by molar-refractivity contribution is 5.29. The van der Waals surface area contributed by atoms with Crippen molar-refractivity contribution in [2.45, 2.75) is 33.6 Å². The third kappa shape index (κ3) is 6.19. The molecule has 4 heteroatoms. The minimum atomic E-state index is -0.281. The molecule has 2 nitrogen and oxygen atoms in total. The van der Waals surface area contributed by atoms with Gasteiger partial charge in [-0.05, 0) is 68.0 Å². The lowest BCUT2D eigenvalue weighted by Gasteiger charge is -2.14. The van der Waals surface area contributed by atoms with E-state index in [1.54, 1.807) is 0 Å². The van der Waals surface area contributed by atoms with E-state index in [1.165, 1.54) is 24.3 Å². The van der Waals surface area contributed by atoms with E-state index >= 15 is 0 Å². The van der Waals surface area contributed by atoms with Gasteiger partial charge in [0.25, 0.3) is 0 Å². The van der Waals surface area contributed by atoms with E-state index in [0.29, 0.717) is 30.6 Å². The molecule has 130 valence electrons. The Morgan fingerprint density at radius 3 is 1.92 bits per heavy atom. The molecule has 0 radical (unpaired) electrons. The van der Waals surface area contributed by atoms with Crippen molar-refractivity contribution in [1.29, 1.82) is 0 Å². The standard InChI is InChI=1S/C20H24F2O2/c1-14(13-24-20-10-16(3)8-18(22)12-20)5-4-6-23-19-9-15(2)7-17(21)11-19/h7-12,14H,4-6,13H2,1-3H3. The lowest BCUT2D eigenvalue weighted by molar-refractivity contribution is 0.233. The van der Waals surface area contributed by atoms with Crippen LogP contribution in [0.2, 0.25) is 0 Å². The summed E-state index contributed by atoms with van der Waals surface area (Å²) in [6.45, 7) is 6.82. The van der Waals surface area contributed by atoms with Crippen LogP contribution < -0.4 is 9.47 Å². The zero-order valence-corrected chi connectivity index (χ0v) is 14.4. The molecule has 0 saturated carbocycles. The molecule has 2 rings (SSSR count). The van der Waals surface area contributed by atoms with Crippen molar-refractivity contribution in [3.8, 4) is 11.5 Å². The molecule has 0 heterocycles. The highest BCUT2D eigenvalue weighted by atomic mass is 19.1. The summed E-state index contributed by atoms with van der Waals surface area (Å²) in [5.41, 5.74) is 1.69. The number of hydrogen-bond acceptors (Lipinski definition) is 2. The fourth-order valence-corrected chi connectivity index (χ4v) is 2.52. The van der Waals surface area contributed by atoms with Crippen LogP contribution in [0.25, 0.3) is 0 Å². The molecule has 0 bridgehead atoms. The van der Waals surface area contributed by atoms with Crippen LogP contribution in [0, 0.1) is 31.4 Å². The van der Waals surface area contributed by atoms with Crippen molar-refractivity contribution >= 4 is 0 Å². The second-order valence-corrected chi connectivity index (χ2v) is 6.34. The van der Waals surface area contributed by atoms with Gasteiger partial charge in [0, 0.05) is 12.1 Å². The molecule has 2 aromatic rings. The van der Waals surface area contributed by atoms with Gasteiger partial charge in [0.2, 0.25) is 0 Å². The first kappa shape index (κ1) is 18.2. The largest absolute Gasteiger partial charge is 0.493 e. The Morgan fingerprint density at radius 1 is 0.833 bits per heavy atom. The lowest BCUT2D eigenvalue weighted by atomic mass is 10.1. The number of rotatable bonds is 8. The molecule has 0 aromatic heterocycles. The molecular formula is C20H24F2O2. The maximum Gasteiger partial charge on any atom is 0.127 e. The first-order valence-corrected chi connectivity index (χ1v) is 8.22. The van der Waals surface area contributed by atoms with Gasteiger partial charge < -0.3 is 9.47 Å². The first-order chi connectivity index (χ1) is 11.4. The third-order valence-corrected chi connectivity index (χ3v) is 3.68. The topological polar surface area (TPSA) is 18.5 Å². The highest BCUT2D eigenvalue weighted by Crippen LogP contribution is 2.19. The van der Waals surface area contributed by atoms with Gasteiger partial charge in [0.05, 0.1) is 13.2 Å². The first-order valence-electron chi connectivity index (χ1n) is 8.22. The normalized spacial score (nSPS) is 12.0. The summed E-state index contributed by atoms with van der Waals surface area (Å²) >= 11 is 0. The van der Waals surface area contributed by atoms with Gasteiger partial charge in [0.1, 0.15) is 23.1 Å². The molecule has 1 atom stereocenters. The average Bonchev–Trinajstić information content (AvgIpc) is 2.48. The highest BCUT2D eigenvalue weighted by Gasteiger charge is 2.06. The minimum absolute atomic E-state index is 0.280. The predicted octanol–water partition coefficient (Wildman–Crippen LogP) is 5.46. The molecule has 0 amide bonds. The molecule has 0 saturated heterocycles. The summed E-state index contributed by atoms with van der Waals surface area (Å²) in [5.74, 6) is 0.887. The van der Waals surface area contributed by atoms with E-state index in [-0.39, 0.29) is 11.6 Å². The molecule has 1 unspecified atom stereocenters. The van der Waals surface area contributed by atoms with E-state index < -0.39 is 0 Å². The summed E-state index contributed by atoms with van der Waals surface area (Å²) in [5, 5.41) is 0. The number of hydrogen-bond donors (Lipinski definition) is 0. The third-order valence-electron chi connectivity index (χ3n) is 3.68. The Bertz CT molecular complexity index is 630. The van der Waals surface area contributed by atoms with Crippen molar-refractivity contribution in [2.24, 2.45) is 5.92 Å². The van der Waals surface area contributed by atoms with Gasteiger partial charge in [-0.15, -0.1) is 0 Å². The predicted molar refractivity (Wildman–Crippen MR) is 91.7 cm³/mol. The van der Waals surface area contributed by atoms with Crippen LogP contribution in [0.5, 0.6) is 11.5 Å². The number of aryl methyl sites for hydroxylation is 2. The zero-order valence-electron chi connectivity index (χ0n) is 14.4. The van der Waals surface area contributed by atoms with E-state index in [9.17, 15) is 8.78 Å². The average molecular weight is 334 g/mol. The second kappa shape index (κ2) is 8.67. The van der Waals surface area contributed by atoms with Gasteiger partial charge in [-0.25, -0.2) is 8.78 Å². The van der Waals surface area contributed by atoms with Gasteiger partial charge in [-0.2, -0.15) is 0 Å². The summed E-state index contributed by atoms with van der Waals surface area (Å²) in [6, 6.07) is 9.39. The van der Waals surface area contributed by atoms with Gasteiger partial charge in [-0.1, -0.05) is 6.92 Å². The van der Waals surface area contributed by atoms with Gasteiger partial charge >= 0.3 is 0 Å². The van der Waals surface area contributed by atoms with Crippen LogP contribution in [0.4, 0.5) is 8.78 Å². The van der Waals surface area contributed by atoms with Crippen LogP contribution in [-0.2, 0) is 0 Å². The zero-order chi connectivity index (χ0) is 17.5. The van der Waals surface area contributed by atoms with Gasteiger partial charge in [0.15, 0.2) is 0 Å². The maximum absolute atomic E-state index is 13.3. The monoisotopic (exact) mass is 334 g/mol. The molecule has 2 aromatic carbocycles. The molecule has 0 N–H and O–H groups in total. The summed E-state index contributed by atoms with van der Waals surface area (Å²) in [4.78, 5) is 0. The SMILES string of the molecule is Cc1cc(F)cc(OCCCC(C)COc2cc(C)cc(F)c2)c1. The van der Waals surface area contributed by atoms with Crippen LogP contribution >= 0.6 is 0 Å². The Kier molecular flexibility index (Phi) is 6.59. The van der Waals surface area contributed by atoms with Crippen molar-refractivity contribution in [3.05, 3.63) is 59.2 Å². The Hall–Kier alpha value is -2.10. The fraction of sp³-hybridized carbons (Fsp3) is 0.400.